The van der Waals surface area contributed by atoms with Crippen LogP contribution in [0.15, 0.2) is 59.6 Å². The zero-order chi connectivity index (χ0) is 22.7. The molecule has 0 aliphatic carbocycles. The minimum Gasteiger partial charge on any atom is -0.355 e. The average Bonchev–Trinajstić information content (AvgIpc) is 3.23. The molecule has 0 saturated carbocycles. The van der Waals surface area contributed by atoms with Crippen LogP contribution in [0.4, 0.5) is 0 Å². The molecule has 0 bridgehead atoms. The van der Waals surface area contributed by atoms with Crippen LogP contribution in [0.25, 0.3) is 10.9 Å². The molecule has 4 rings (SSSR count). The summed E-state index contributed by atoms with van der Waals surface area (Å²) in [4.78, 5) is 13.0. The summed E-state index contributed by atoms with van der Waals surface area (Å²) in [6.07, 6.45) is 3.95. The number of hydrogen-bond acceptors (Lipinski definition) is 3. The average molecular weight is 474 g/mol. The van der Waals surface area contributed by atoms with Crippen molar-refractivity contribution in [2.45, 2.75) is 37.6 Å². The van der Waals surface area contributed by atoms with Gasteiger partial charge in [0.25, 0.3) is 0 Å². The van der Waals surface area contributed by atoms with Gasteiger partial charge in [-0.15, -0.1) is 0 Å². The summed E-state index contributed by atoms with van der Waals surface area (Å²) in [6, 6.07) is 14.7. The van der Waals surface area contributed by atoms with E-state index in [0.717, 1.165) is 23.0 Å². The molecule has 1 fully saturated rings. The Morgan fingerprint density at radius 2 is 2.00 bits per heavy atom. The minimum absolute atomic E-state index is 0.104. The van der Waals surface area contributed by atoms with Crippen molar-refractivity contribution in [3.63, 3.8) is 0 Å². The van der Waals surface area contributed by atoms with E-state index in [-0.39, 0.29) is 23.3 Å². The van der Waals surface area contributed by atoms with E-state index in [9.17, 15) is 13.2 Å². The van der Waals surface area contributed by atoms with Gasteiger partial charge in [0.15, 0.2) is 0 Å². The maximum Gasteiger partial charge on any atom is 0.243 e. The fraction of sp³-hybridized carbons (Fsp3) is 0.375. The number of amides is 1. The van der Waals surface area contributed by atoms with Crippen LogP contribution in [-0.4, -0.2) is 42.8 Å². The molecule has 1 N–H and O–H groups in total. The third kappa shape index (κ3) is 4.70. The van der Waals surface area contributed by atoms with Crippen molar-refractivity contribution >= 4 is 38.4 Å². The lowest BCUT2D eigenvalue weighted by atomic mass is 9.99. The van der Waals surface area contributed by atoms with Gasteiger partial charge in [0, 0.05) is 48.3 Å². The fourth-order valence-corrected chi connectivity index (χ4v) is 6.09. The van der Waals surface area contributed by atoms with Crippen LogP contribution in [0.1, 0.15) is 25.3 Å². The monoisotopic (exact) mass is 473 g/mol. The van der Waals surface area contributed by atoms with E-state index in [1.165, 1.54) is 4.31 Å². The highest BCUT2D eigenvalue weighted by atomic mass is 35.5. The van der Waals surface area contributed by atoms with Gasteiger partial charge < -0.3 is 9.88 Å². The molecule has 1 atom stereocenters. The third-order valence-corrected chi connectivity index (χ3v) is 8.36. The van der Waals surface area contributed by atoms with Gasteiger partial charge in [0.1, 0.15) is 0 Å². The lowest BCUT2D eigenvalue weighted by Gasteiger charge is -2.31. The summed E-state index contributed by atoms with van der Waals surface area (Å²) in [5.74, 6) is -0.456. The Morgan fingerprint density at radius 3 is 2.78 bits per heavy atom. The Morgan fingerprint density at radius 1 is 1.19 bits per heavy atom. The van der Waals surface area contributed by atoms with Crippen molar-refractivity contribution in [3.8, 4) is 0 Å². The van der Waals surface area contributed by atoms with Gasteiger partial charge in [0.2, 0.25) is 15.9 Å². The molecule has 3 aromatic rings. The summed E-state index contributed by atoms with van der Waals surface area (Å²) in [5, 5.41) is 4.54. The SMILES string of the molecule is CCn1ccc2cc(S(=O)(=O)N3CCC[C@@H](C(=O)NCCc4ccccc4Cl)C3)ccc21. The van der Waals surface area contributed by atoms with Crippen molar-refractivity contribution < 1.29 is 13.2 Å². The van der Waals surface area contributed by atoms with E-state index < -0.39 is 10.0 Å². The molecule has 1 aliphatic rings. The fourth-order valence-electron chi connectivity index (χ4n) is 4.30. The number of rotatable bonds is 7. The molecule has 2 heterocycles. The smallest absolute Gasteiger partial charge is 0.243 e. The number of carbonyl (C=O) groups excluding carboxylic acids is 1. The first-order valence-corrected chi connectivity index (χ1v) is 12.8. The summed E-state index contributed by atoms with van der Waals surface area (Å²) in [5.41, 5.74) is 2.00. The molecule has 0 radical (unpaired) electrons. The van der Waals surface area contributed by atoms with Crippen molar-refractivity contribution in [3.05, 3.63) is 65.3 Å². The molecule has 170 valence electrons. The molecule has 1 aliphatic heterocycles. The first kappa shape index (κ1) is 22.8. The highest BCUT2D eigenvalue weighted by Gasteiger charge is 2.33. The minimum atomic E-state index is -3.66. The number of fused-ring (bicyclic) bond motifs is 1. The van der Waals surface area contributed by atoms with Crippen LogP contribution in [0.3, 0.4) is 0 Å². The van der Waals surface area contributed by atoms with Crippen LogP contribution in [0, 0.1) is 5.92 Å². The normalized spacial score (nSPS) is 17.5. The van der Waals surface area contributed by atoms with Gasteiger partial charge in [-0.3, -0.25) is 4.79 Å². The van der Waals surface area contributed by atoms with E-state index in [1.54, 1.807) is 12.1 Å². The van der Waals surface area contributed by atoms with E-state index in [4.69, 9.17) is 11.6 Å². The van der Waals surface area contributed by atoms with Gasteiger partial charge in [0.05, 0.1) is 10.8 Å². The summed E-state index contributed by atoms with van der Waals surface area (Å²) >= 11 is 6.17. The number of aryl methyl sites for hydroxylation is 1. The molecule has 1 amide bonds. The Balaban J connectivity index is 1.41. The standard InChI is InChI=1S/C24H28ClN3O3S/c1-2-27-15-12-19-16-21(9-10-23(19)27)32(30,31)28-14-5-7-20(17-28)24(29)26-13-11-18-6-3-4-8-22(18)25/h3-4,6,8-10,12,15-16,20H,2,5,7,11,13-14,17H2,1H3,(H,26,29)/t20-/m1/s1. The van der Waals surface area contributed by atoms with Crippen molar-refractivity contribution in [2.75, 3.05) is 19.6 Å². The zero-order valence-corrected chi connectivity index (χ0v) is 19.7. The maximum atomic E-state index is 13.3. The molecule has 0 unspecified atom stereocenters. The van der Waals surface area contributed by atoms with Crippen LogP contribution in [0.5, 0.6) is 0 Å². The molecular weight excluding hydrogens is 446 g/mol. The summed E-state index contributed by atoms with van der Waals surface area (Å²) < 4.78 is 30.1. The van der Waals surface area contributed by atoms with Crippen molar-refractivity contribution in [1.82, 2.24) is 14.2 Å². The van der Waals surface area contributed by atoms with E-state index >= 15 is 0 Å². The predicted octanol–water partition coefficient (Wildman–Crippen LogP) is 4.07. The number of carbonyl (C=O) groups is 1. The number of nitrogens with zero attached hydrogens (tertiary/aromatic N) is 2. The second kappa shape index (κ2) is 9.65. The number of benzene rings is 2. The van der Waals surface area contributed by atoms with Crippen molar-refractivity contribution in [2.24, 2.45) is 5.92 Å². The second-order valence-corrected chi connectivity index (χ2v) is 10.5. The second-order valence-electron chi connectivity index (χ2n) is 8.16. The summed E-state index contributed by atoms with van der Waals surface area (Å²) in [6.45, 7) is 3.98. The Kier molecular flexibility index (Phi) is 6.88. The molecule has 32 heavy (non-hydrogen) atoms. The van der Waals surface area contributed by atoms with Gasteiger partial charge in [-0.2, -0.15) is 4.31 Å². The van der Waals surface area contributed by atoms with Crippen molar-refractivity contribution in [1.29, 1.82) is 0 Å². The Bertz CT molecular complexity index is 1220. The molecule has 2 aromatic carbocycles. The number of halogens is 1. The van der Waals surface area contributed by atoms with E-state index in [1.807, 2.05) is 42.6 Å². The lowest BCUT2D eigenvalue weighted by molar-refractivity contribution is -0.126. The number of piperidine rings is 1. The van der Waals surface area contributed by atoms with E-state index in [0.29, 0.717) is 37.4 Å². The van der Waals surface area contributed by atoms with Crippen LogP contribution in [0.2, 0.25) is 5.02 Å². The number of nitrogens with one attached hydrogen (secondary N) is 1. The topological polar surface area (TPSA) is 71.4 Å². The highest BCUT2D eigenvalue weighted by molar-refractivity contribution is 7.89. The number of hydrogen-bond donors (Lipinski definition) is 1. The molecule has 0 spiro atoms. The Hall–Kier alpha value is -2.35. The van der Waals surface area contributed by atoms with Gasteiger partial charge in [-0.05, 0) is 62.1 Å². The van der Waals surface area contributed by atoms with Crippen LogP contribution >= 0.6 is 11.6 Å². The number of sulfonamides is 1. The van der Waals surface area contributed by atoms with Crippen LogP contribution < -0.4 is 5.32 Å². The van der Waals surface area contributed by atoms with Crippen LogP contribution in [-0.2, 0) is 27.8 Å². The largest absolute Gasteiger partial charge is 0.355 e. The lowest BCUT2D eigenvalue weighted by Crippen LogP contribution is -2.45. The molecule has 6 nitrogen and oxygen atoms in total. The first-order chi connectivity index (χ1) is 15.4. The number of aromatic nitrogens is 1. The predicted molar refractivity (Wildman–Crippen MR) is 127 cm³/mol. The van der Waals surface area contributed by atoms with Gasteiger partial charge in [-0.25, -0.2) is 8.42 Å². The first-order valence-electron chi connectivity index (χ1n) is 11.0. The summed E-state index contributed by atoms with van der Waals surface area (Å²) in [7, 11) is -3.66. The van der Waals surface area contributed by atoms with Gasteiger partial charge in [-0.1, -0.05) is 29.8 Å². The highest BCUT2D eigenvalue weighted by Crippen LogP contribution is 2.27. The quantitative estimate of drug-likeness (QED) is 0.562. The maximum absolute atomic E-state index is 13.3. The zero-order valence-electron chi connectivity index (χ0n) is 18.1. The molecule has 1 aromatic heterocycles. The third-order valence-electron chi connectivity index (χ3n) is 6.13. The molecular formula is C24H28ClN3O3S. The van der Waals surface area contributed by atoms with Gasteiger partial charge >= 0.3 is 0 Å². The Labute approximate surface area is 194 Å². The van der Waals surface area contributed by atoms with E-state index in [2.05, 4.69) is 16.8 Å². The molecule has 8 heteroatoms. The molecule has 1 saturated heterocycles.